The Hall–Kier alpha value is -2.20. The monoisotopic (exact) mass is 518 g/mol. The van der Waals surface area contributed by atoms with Gasteiger partial charge in [-0.25, -0.2) is 4.79 Å². The smallest absolute Gasteiger partial charge is 0.406 e. The van der Waals surface area contributed by atoms with Gasteiger partial charge in [0.05, 0.1) is 37.9 Å². The van der Waals surface area contributed by atoms with Crippen molar-refractivity contribution >= 4 is 12.0 Å². The number of hydrogen-bond donors (Lipinski definition) is 4. The number of likely N-dealkylation sites (N-methyl/N-ethyl adjacent to an activating group) is 1. The molecule has 4 N–H and O–H groups in total. The number of rotatable bonds is 12. The molecule has 9 nitrogen and oxygen atoms in total. The number of nitrogens with one attached hydrogen (secondary N) is 4. The first-order chi connectivity index (χ1) is 17.8. The van der Waals surface area contributed by atoms with Crippen LogP contribution < -0.4 is 21.3 Å². The number of benzene rings is 1. The van der Waals surface area contributed by atoms with Gasteiger partial charge >= 0.3 is 6.09 Å². The molecule has 2 aliphatic rings. The Morgan fingerprint density at radius 3 is 2.68 bits per heavy atom. The number of alkyl carbamates (subject to hydrolysis) is 1. The minimum Gasteiger partial charge on any atom is -0.453 e. The van der Waals surface area contributed by atoms with Crippen LogP contribution in [0.4, 0.5) is 4.79 Å². The number of amides is 2. The first-order valence-corrected chi connectivity index (χ1v) is 13.6. The lowest BCUT2D eigenvalue weighted by atomic mass is 9.83. The van der Waals surface area contributed by atoms with E-state index in [1.165, 1.54) is 7.11 Å². The minimum atomic E-state index is -0.476. The largest absolute Gasteiger partial charge is 0.453 e. The van der Waals surface area contributed by atoms with Crippen LogP contribution in [0.15, 0.2) is 30.3 Å². The third-order valence-corrected chi connectivity index (χ3v) is 7.44. The highest BCUT2D eigenvalue weighted by atomic mass is 16.5. The molecule has 2 amide bonds. The summed E-state index contributed by atoms with van der Waals surface area (Å²) in [6.45, 7) is 7.90. The molecule has 37 heavy (non-hydrogen) atoms. The predicted molar refractivity (Wildman–Crippen MR) is 143 cm³/mol. The van der Waals surface area contributed by atoms with Crippen LogP contribution in [0.5, 0.6) is 0 Å². The summed E-state index contributed by atoms with van der Waals surface area (Å²) in [5.74, 6) is 0.538. The Kier molecular flexibility index (Phi) is 11.6. The fourth-order valence-electron chi connectivity index (χ4n) is 5.36. The molecule has 0 aromatic heterocycles. The van der Waals surface area contributed by atoms with E-state index in [1.807, 2.05) is 25.2 Å². The quantitative estimate of drug-likeness (QED) is 0.315. The Morgan fingerprint density at radius 2 is 2.00 bits per heavy atom. The van der Waals surface area contributed by atoms with Gasteiger partial charge in [0.2, 0.25) is 5.91 Å². The summed E-state index contributed by atoms with van der Waals surface area (Å²) in [7, 11) is 3.27. The Labute approximate surface area is 221 Å². The number of carbonyl (C=O) groups is 2. The number of ether oxygens (including phenoxy) is 3. The van der Waals surface area contributed by atoms with Crippen LogP contribution in [0.1, 0.15) is 51.2 Å². The zero-order valence-electron chi connectivity index (χ0n) is 22.9. The van der Waals surface area contributed by atoms with Gasteiger partial charge in [0.15, 0.2) is 0 Å². The second-order valence-corrected chi connectivity index (χ2v) is 10.9. The Bertz CT molecular complexity index is 827. The van der Waals surface area contributed by atoms with Gasteiger partial charge in [-0.1, -0.05) is 30.3 Å². The molecule has 2 fully saturated rings. The summed E-state index contributed by atoms with van der Waals surface area (Å²) in [6.07, 6.45) is 3.15. The van der Waals surface area contributed by atoms with Gasteiger partial charge in [-0.3, -0.25) is 4.79 Å². The molecular formula is C28H46N4O5. The molecule has 1 aromatic rings. The Morgan fingerprint density at radius 1 is 1.22 bits per heavy atom. The molecule has 0 spiro atoms. The van der Waals surface area contributed by atoms with Crippen molar-refractivity contribution in [2.75, 3.05) is 53.6 Å². The number of carbonyl (C=O) groups excluding carboxylic acids is 2. The van der Waals surface area contributed by atoms with E-state index >= 15 is 0 Å². The van der Waals surface area contributed by atoms with Crippen molar-refractivity contribution in [2.24, 2.45) is 17.8 Å². The van der Waals surface area contributed by atoms with Crippen LogP contribution in [-0.4, -0.2) is 77.2 Å². The summed E-state index contributed by atoms with van der Waals surface area (Å²) in [5, 5.41) is 12.7. The van der Waals surface area contributed by atoms with Crippen LogP contribution in [0.2, 0.25) is 0 Å². The summed E-state index contributed by atoms with van der Waals surface area (Å²) < 4.78 is 16.9. The van der Waals surface area contributed by atoms with Crippen molar-refractivity contribution in [1.82, 2.24) is 21.3 Å². The zero-order chi connectivity index (χ0) is 26.7. The molecule has 2 unspecified atom stereocenters. The molecule has 5 atom stereocenters. The third kappa shape index (κ3) is 9.56. The topological polar surface area (TPSA) is 110 Å². The van der Waals surface area contributed by atoms with Crippen molar-refractivity contribution < 1.29 is 23.8 Å². The normalized spacial score (nSPS) is 25.0. The molecule has 2 aliphatic heterocycles. The van der Waals surface area contributed by atoms with Gasteiger partial charge in [-0.05, 0) is 58.1 Å². The molecule has 0 aliphatic carbocycles. The fraction of sp³-hybridized carbons (Fsp3) is 0.714. The van der Waals surface area contributed by atoms with Gasteiger partial charge in [-0.2, -0.15) is 0 Å². The summed E-state index contributed by atoms with van der Waals surface area (Å²) in [6, 6.07) is 10.2. The van der Waals surface area contributed by atoms with E-state index in [9.17, 15) is 9.59 Å². The molecular weight excluding hydrogens is 472 g/mol. The van der Waals surface area contributed by atoms with Crippen LogP contribution in [0.3, 0.4) is 0 Å². The maximum atomic E-state index is 13.4. The Balaban J connectivity index is 1.58. The SMILES string of the molecule is CNC[C@@H](C[C@H]1CCC(C)(C)OC1)NC(=O)C1CNCC([C@@H](OCCNC(=O)OC)c2ccccc2)C1. The van der Waals surface area contributed by atoms with Crippen LogP contribution in [-0.2, 0) is 19.0 Å². The lowest BCUT2D eigenvalue weighted by Gasteiger charge is -2.37. The molecule has 9 heteroatoms. The van der Waals surface area contributed by atoms with Crippen LogP contribution in [0.25, 0.3) is 0 Å². The van der Waals surface area contributed by atoms with E-state index < -0.39 is 6.09 Å². The van der Waals surface area contributed by atoms with Crippen molar-refractivity contribution in [3.63, 3.8) is 0 Å². The second kappa shape index (κ2) is 14.7. The predicted octanol–water partition coefficient (Wildman–Crippen LogP) is 2.63. The summed E-state index contributed by atoms with van der Waals surface area (Å²) in [4.78, 5) is 24.8. The second-order valence-electron chi connectivity index (χ2n) is 10.9. The van der Waals surface area contributed by atoms with Crippen LogP contribution in [0, 0.1) is 17.8 Å². The highest BCUT2D eigenvalue weighted by molar-refractivity contribution is 5.79. The zero-order valence-corrected chi connectivity index (χ0v) is 22.9. The van der Waals surface area contributed by atoms with Crippen molar-refractivity contribution in [3.8, 4) is 0 Å². The van der Waals surface area contributed by atoms with Gasteiger partial charge in [-0.15, -0.1) is 0 Å². The molecule has 0 bridgehead atoms. The molecule has 0 saturated carbocycles. The fourth-order valence-corrected chi connectivity index (χ4v) is 5.36. The lowest BCUT2D eigenvalue weighted by molar-refractivity contribution is -0.128. The van der Waals surface area contributed by atoms with Gasteiger partial charge in [0.25, 0.3) is 0 Å². The molecule has 2 heterocycles. The number of hydrogen-bond acceptors (Lipinski definition) is 7. The van der Waals surface area contributed by atoms with Crippen molar-refractivity contribution in [3.05, 3.63) is 35.9 Å². The van der Waals surface area contributed by atoms with E-state index in [0.717, 1.165) is 50.9 Å². The van der Waals surface area contributed by atoms with E-state index in [0.29, 0.717) is 25.6 Å². The van der Waals surface area contributed by atoms with Crippen molar-refractivity contribution in [1.29, 1.82) is 0 Å². The number of methoxy groups -OCH3 is 1. The molecule has 2 saturated heterocycles. The summed E-state index contributed by atoms with van der Waals surface area (Å²) in [5.41, 5.74) is 1.02. The molecule has 1 aromatic carbocycles. The number of piperidine rings is 1. The van der Waals surface area contributed by atoms with Crippen molar-refractivity contribution in [2.45, 2.75) is 57.3 Å². The minimum absolute atomic E-state index is 0.0479. The summed E-state index contributed by atoms with van der Waals surface area (Å²) >= 11 is 0. The van der Waals surface area contributed by atoms with Crippen LogP contribution >= 0.6 is 0 Å². The van der Waals surface area contributed by atoms with E-state index in [4.69, 9.17) is 9.47 Å². The first-order valence-electron chi connectivity index (χ1n) is 13.6. The van der Waals surface area contributed by atoms with Gasteiger partial charge < -0.3 is 35.5 Å². The van der Waals surface area contributed by atoms with Gasteiger partial charge in [0, 0.05) is 38.1 Å². The third-order valence-electron chi connectivity index (χ3n) is 7.44. The van der Waals surface area contributed by atoms with E-state index in [-0.39, 0.29) is 35.5 Å². The lowest BCUT2D eigenvalue weighted by Crippen LogP contribution is -2.50. The highest BCUT2D eigenvalue weighted by Gasteiger charge is 2.35. The maximum absolute atomic E-state index is 13.4. The maximum Gasteiger partial charge on any atom is 0.406 e. The molecule has 208 valence electrons. The molecule has 0 radical (unpaired) electrons. The highest BCUT2D eigenvalue weighted by Crippen LogP contribution is 2.33. The first kappa shape index (κ1) is 29.4. The average Bonchev–Trinajstić information content (AvgIpc) is 2.90. The standard InChI is InChI=1S/C28H46N4O5/c1-28(2)11-10-20(19-37-28)14-24(18-29-3)32-26(33)23-15-22(16-30-17-23)25(21-8-6-5-7-9-21)36-13-12-31-27(34)35-4/h5-9,20,22-25,29-30H,10-19H2,1-4H3,(H,31,34)(H,32,33)/t20-,22?,23?,24-,25+/m1/s1. The average molecular weight is 519 g/mol. The van der Waals surface area contributed by atoms with E-state index in [1.54, 1.807) is 0 Å². The van der Waals surface area contributed by atoms with Gasteiger partial charge in [0.1, 0.15) is 0 Å². The van der Waals surface area contributed by atoms with E-state index in [2.05, 4.69) is 52.0 Å². The molecule has 3 rings (SSSR count).